The molecular weight excluding hydrogens is 460 g/mol. The van der Waals surface area contributed by atoms with Crippen LogP contribution in [0.3, 0.4) is 0 Å². The van der Waals surface area contributed by atoms with E-state index in [0.29, 0.717) is 11.1 Å². The first kappa shape index (κ1) is 23.0. The average molecular weight is 489 g/mol. The number of aryl methyl sites for hydroxylation is 1. The molecule has 2 aromatic heterocycles. The molecule has 37 heavy (non-hydrogen) atoms. The van der Waals surface area contributed by atoms with E-state index in [0.717, 1.165) is 65.2 Å². The molecular formula is C31H28N4O2. The normalized spacial score (nSPS) is 13.6. The number of benzene rings is 3. The number of nitrogens with one attached hydrogen (secondary N) is 2. The van der Waals surface area contributed by atoms with Crippen LogP contribution < -0.4 is 15.5 Å². The summed E-state index contributed by atoms with van der Waals surface area (Å²) in [6.45, 7) is 6.10. The van der Waals surface area contributed by atoms with E-state index in [9.17, 15) is 4.79 Å². The Morgan fingerprint density at radius 3 is 2.49 bits per heavy atom. The maximum atomic E-state index is 12.9. The third-order valence-electron chi connectivity index (χ3n) is 6.84. The van der Waals surface area contributed by atoms with E-state index < -0.39 is 0 Å². The largest absolute Gasteiger partial charge is 0.462 e. The van der Waals surface area contributed by atoms with Crippen molar-refractivity contribution in [2.75, 3.05) is 36.4 Å². The third kappa shape index (κ3) is 4.84. The van der Waals surface area contributed by atoms with Gasteiger partial charge in [-0.2, -0.15) is 0 Å². The predicted octanol–water partition coefficient (Wildman–Crippen LogP) is 6.13. The Morgan fingerprint density at radius 2 is 1.70 bits per heavy atom. The molecule has 1 amide bonds. The third-order valence-corrected chi connectivity index (χ3v) is 6.84. The number of anilines is 2. The Labute approximate surface area is 216 Å². The van der Waals surface area contributed by atoms with E-state index in [1.165, 1.54) is 5.69 Å². The van der Waals surface area contributed by atoms with Crippen LogP contribution in [0.2, 0.25) is 0 Å². The topological polar surface area (TPSA) is 70.4 Å². The Hall–Kier alpha value is -4.42. The number of hydrogen-bond donors (Lipinski definition) is 2. The van der Waals surface area contributed by atoms with Gasteiger partial charge in [-0.1, -0.05) is 42.0 Å². The summed E-state index contributed by atoms with van der Waals surface area (Å²) in [4.78, 5) is 20.0. The Morgan fingerprint density at radius 1 is 0.919 bits per heavy atom. The molecule has 6 heteroatoms. The van der Waals surface area contributed by atoms with Crippen LogP contribution in [0.15, 0.2) is 95.7 Å². The minimum atomic E-state index is -0.155. The minimum Gasteiger partial charge on any atom is -0.462 e. The van der Waals surface area contributed by atoms with E-state index >= 15 is 0 Å². The zero-order valence-electron chi connectivity index (χ0n) is 20.7. The van der Waals surface area contributed by atoms with E-state index in [1.807, 2.05) is 67.7 Å². The molecule has 1 aliphatic rings. The van der Waals surface area contributed by atoms with Crippen molar-refractivity contribution in [3.05, 3.63) is 102 Å². The second-order valence-electron chi connectivity index (χ2n) is 9.40. The molecule has 3 aromatic carbocycles. The number of amides is 1. The van der Waals surface area contributed by atoms with Crippen LogP contribution in [0, 0.1) is 6.92 Å². The highest BCUT2D eigenvalue weighted by Crippen LogP contribution is 2.33. The molecule has 0 atom stereocenters. The van der Waals surface area contributed by atoms with Crippen molar-refractivity contribution in [2.45, 2.75) is 6.92 Å². The molecule has 6 rings (SSSR count). The molecule has 1 aliphatic heterocycles. The molecule has 0 radical (unpaired) electrons. The van der Waals surface area contributed by atoms with Gasteiger partial charge < -0.3 is 20.0 Å². The van der Waals surface area contributed by atoms with Gasteiger partial charge >= 0.3 is 0 Å². The summed E-state index contributed by atoms with van der Waals surface area (Å²) in [5, 5.41) is 6.35. The summed E-state index contributed by atoms with van der Waals surface area (Å²) in [5.41, 5.74) is 9.08. The van der Waals surface area contributed by atoms with Crippen molar-refractivity contribution in [1.29, 1.82) is 0 Å². The number of carbonyl (C=O) groups is 1. The fraction of sp³-hybridized carbons (Fsp3) is 0.161. The summed E-state index contributed by atoms with van der Waals surface area (Å²) >= 11 is 0. The molecule has 0 spiro atoms. The number of rotatable bonds is 5. The van der Waals surface area contributed by atoms with E-state index in [2.05, 4.69) is 39.8 Å². The van der Waals surface area contributed by atoms with Gasteiger partial charge in [-0.15, -0.1) is 0 Å². The molecule has 0 unspecified atom stereocenters. The number of furan rings is 1. The van der Waals surface area contributed by atoms with E-state index in [4.69, 9.17) is 9.40 Å². The van der Waals surface area contributed by atoms with Gasteiger partial charge in [0.25, 0.3) is 5.91 Å². The van der Waals surface area contributed by atoms with Crippen molar-refractivity contribution >= 4 is 28.4 Å². The molecule has 0 aliphatic carbocycles. The maximum Gasteiger partial charge on any atom is 0.255 e. The van der Waals surface area contributed by atoms with Gasteiger partial charge in [0, 0.05) is 60.4 Å². The van der Waals surface area contributed by atoms with Crippen LogP contribution in [-0.4, -0.2) is 37.1 Å². The maximum absolute atomic E-state index is 12.9. The summed E-state index contributed by atoms with van der Waals surface area (Å²) in [5.74, 6) is -0.155. The molecule has 6 nitrogen and oxygen atoms in total. The molecule has 0 saturated carbocycles. The van der Waals surface area contributed by atoms with E-state index in [1.54, 1.807) is 6.26 Å². The van der Waals surface area contributed by atoms with Crippen LogP contribution in [0.5, 0.6) is 0 Å². The Bertz CT molecular complexity index is 1550. The predicted molar refractivity (Wildman–Crippen MR) is 149 cm³/mol. The summed E-state index contributed by atoms with van der Waals surface area (Å²) in [6.07, 6.45) is 3.60. The molecule has 184 valence electrons. The van der Waals surface area contributed by atoms with Crippen molar-refractivity contribution < 1.29 is 9.21 Å². The number of hydrogen-bond acceptors (Lipinski definition) is 5. The van der Waals surface area contributed by atoms with Gasteiger partial charge in [0.15, 0.2) is 5.58 Å². The summed E-state index contributed by atoms with van der Waals surface area (Å²) < 4.78 is 5.91. The second kappa shape index (κ2) is 9.91. The lowest BCUT2D eigenvalue weighted by Crippen LogP contribution is -2.43. The molecule has 1 fully saturated rings. The van der Waals surface area contributed by atoms with Gasteiger partial charge in [-0.25, -0.2) is 0 Å². The van der Waals surface area contributed by atoms with Crippen molar-refractivity contribution in [3.63, 3.8) is 0 Å². The van der Waals surface area contributed by atoms with Crippen LogP contribution in [0.25, 0.3) is 33.4 Å². The highest BCUT2D eigenvalue weighted by Gasteiger charge is 2.15. The van der Waals surface area contributed by atoms with Crippen molar-refractivity contribution in [2.24, 2.45) is 0 Å². The first-order chi connectivity index (χ1) is 18.1. The smallest absolute Gasteiger partial charge is 0.255 e. The fourth-order valence-electron chi connectivity index (χ4n) is 4.73. The minimum absolute atomic E-state index is 0.155. The molecule has 5 aromatic rings. The Balaban J connectivity index is 1.23. The van der Waals surface area contributed by atoms with Crippen LogP contribution >= 0.6 is 0 Å². The van der Waals surface area contributed by atoms with Gasteiger partial charge in [-0.05, 0) is 60.5 Å². The number of carbonyl (C=O) groups excluding carboxylic acids is 1. The summed E-state index contributed by atoms with van der Waals surface area (Å²) in [6, 6.07) is 25.9. The van der Waals surface area contributed by atoms with Gasteiger partial charge in [0.2, 0.25) is 0 Å². The first-order valence-electron chi connectivity index (χ1n) is 12.6. The first-order valence-corrected chi connectivity index (χ1v) is 12.6. The number of fused-ring (bicyclic) bond motifs is 1. The monoisotopic (exact) mass is 488 g/mol. The number of piperazine rings is 1. The molecule has 1 saturated heterocycles. The van der Waals surface area contributed by atoms with Gasteiger partial charge in [0.05, 0.1) is 0 Å². The van der Waals surface area contributed by atoms with Crippen molar-refractivity contribution in [3.8, 4) is 22.3 Å². The number of pyridine rings is 1. The SMILES string of the molecule is Cc1ccc(NC(=O)c2cccc(-c3coc4cc(-c5ccc(N6CCNCC6)cc5)cnc34)c2)cc1. The van der Waals surface area contributed by atoms with Gasteiger partial charge in [-0.3, -0.25) is 9.78 Å². The van der Waals surface area contributed by atoms with Crippen LogP contribution in [0.4, 0.5) is 11.4 Å². The lowest BCUT2D eigenvalue weighted by atomic mass is 10.0. The lowest BCUT2D eigenvalue weighted by Gasteiger charge is -2.29. The van der Waals surface area contributed by atoms with Gasteiger partial charge in [0.1, 0.15) is 11.8 Å². The van der Waals surface area contributed by atoms with Crippen molar-refractivity contribution in [1.82, 2.24) is 10.3 Å². The fourth-order valence-corrected chi connectivity index (χ4v) is 4.73. The quantitative estimate of drug-likeness (QED) is 0.311. The highest BCUT2D eigenvalue weighted by atomic mass is 16.3. The lowest BCUT2D eigenvalue weighted by molar-refractivity contribution is 0.102. The second-order valence-corrected chi connectivity index (χ2v) is 9.40. The number of nitrogens with zero attached hydrogens (tertiary/aromatic N) is 2. The molecule has 3 heterocycles. The average Bonchev–Trinajstić information content (AvgIpc) is 3.38. The van der Waals surface area contributed by atoms with E-state index in [-0.39, 0.29) is 5.91 Å². The van der Waals surface area contributed by atoms with Crippen LogP contribution in [0.1, 0.15) is 15.9 Å². The molecule has 0 bridgehead atoms. The van der Waals surface area contributed by atoms with Crippen LogP contribution in [-0.2, 0) is 0 Å². The zero-order valence-corrected chi connectivity index (χ0v) is 20.7. The number of aromatic nitrogens is 1. The molecule has 2 N–H and O–H groups in total. The summed E-state index contributed by atoms with van der Waals surface area (Å²) in [7, 11) is 0. The highest BCUT2D eigenvalue weighted by molar-refractivity contribution is 6.05. The standard InChI is InChI=1S/C31H28N4O2/c1-21-5-9-26(10-6-21)34-31(36)24-4-2-3-23(17-24)28-20-37-29-18-25(19-33-30(28)29)22-7-11-27(12-8-22)35-15-13-32-14-16-35/h2-12,17-20,32H,13-16H2,1H3,(H,34,36). The Kier molecular flexibility index (Phi) is 6.16. The zero-order chi connectivity index (χ0) is 25.2.